The Labute approximate surface area is 165 Å². The third-order valence-electron chi connectivity index (χ3n) is 4.74. The SMILES string of the molecule is Oc1c2c(C(F)(F)F)cc(Nc3ccc(OC(F)(F)F)cc3)cc2c2n1CCNC2. The van der Waals surface area contributed by atoms with E-state index in [-0.39, 0.29) is 22.1 Å². The third-order valence-corrected chi connectivity index (χ3v) is 4.74. The van der Waals surface area contributed by atoms with Gasteiger partial charge < -0.3 is 25.0 Å². The van der Waals surface area contributed by atoms with Crippen LogP contribution < -0.4 is 15.4 Å². The van der Waals surface area contributed by atoms with Crippen molar-refractivity contribution < 1.29 is 36.2 Å². The fourth-order valence-corrected chi connectivity index (χ4v) is 3.55. The summed E-state index contributed by atoms with van der Waals surface area (Å²) in [7, 11) is 0. The number of aromatic nitrogens is 1. The zero-order valence-electron chi connectivity index (χ0n) is 15.2. The Kier molecular flexibility index (Phi) is 4.72. The molecule has 0 radical (unpaired) electrons. The van der Waals surface area contributed by atoms with Gasteiger partial charge in [0.1, 0.15) is 5.75 Å². The fourth-order valence-electron chi connectivity index (χ4n) is 3.55. The summed E-state index contributed by atoms with van der Waals surface area (Å²) in [4.78, 5) is 0. The van der Waals surface area contributed by atoms with E-state index < -0.39 is 29.7 Å². The number of anilines is 2. The minimum atomic E-state index is -4.84. The van der Waals surface area contributed by atoms with Gasteiger partial charge in [0.05, 0.1) is 10.9 Å². The van der Waals surface area contributed by atoms with E-state index in [0.717, 1.165) is 18.2 Å². The first-order valence-electron chi connectivity index (χ1n) is 8.82. The molecule has 1 aromatic heterocycles. The third kappa shape index (κ3) is 3.84. The number of fused-ring (bicyclic) bond motifs is 3. The molecule has 160 valence electrons. The lowest BCUT2D eigenvalue weighted by Crippen LogP contribution is -2.27. The van der Waals surface area contributed by atoms with E-state index in [2.05, 4.69) is 15.4 Å². The van der Waals surface area contributed by atoms with E-state index in [1.165, 1.54) is 22.8 Å². The molecule has 1 aliphatic rings. The predicted octanol–water partition coefficient (Wildman–Crippen LogP) is 5.11. The average Bonchev–Trinajstić information content (AvgIpc) is 2.94. The van der Waals surface area contributed by atoms with Crippen molar-refractivity contribution in [2.24, 2.45) is 0 Å². The van der Waals surface area contributed by atoms with Gasteiger partial charge >= 0.3 is 12.5 Å². The van der Waals surface area contributed by atoms with Gasteiger partial charge in [-0.05, 0) is 36.4 Å². The zero-order valence-corrected chi connectivity index (χ0v) is 15.2. The smallest absolute Gasteiger partial charge is 0.494 e. The largest absolute Gasteiger partial charge is 0.573 e. The highest BCUT2D eigenvalue weighted by Crippen LogP contribution is 2.44. The molecule has 0 saturated heterocycles. The second-order valence-corrected chi connectivity index (χ2v) is 6.74. The number of halogens is 6. The standard InChI is InChI=1S/C19H15F6N3O2/c20-18(21,22)14-8-11(27-10-1-3-12(4-2-10)30-19(23,24)25)7-13-15-9-26-5-6-28(15)17(29)16(13)14/h1-4,7-8,26-27,29H,5-6,9H2. The fraction of sp³-hybridized carbons (Fsp3) is 0.263. The molecular formula is C19H15F6N3O2. The van der Waals surface area contributed by atoms with Gasteiger partial charge in [-0.25, -0.2) is 0 Å². The molecule has 11 heteroatoms. The lowest BCUT2D eigenvalue weighted by atomic mass is 10.0. The van der Waals surface area contributed by atoms with E-state index in [9.17, 15) is 31.4 Å². The molecule has 0 spiro atoms. The Hall–Kier alpha value is -3.08. The highest BCUT2D eigenvalue weighted by atomic mass is 19.4. The quantitative estimate of drug-likeness (QED) is 0.505. The summed E-state index contributed by atoms with van der Waals surface area (Å²) < 4.78 is 83.1. The molecule has 0 amide bonds. The monoisotopic (exact) mass is 431 g/mol. The van der Waals surface area contributed by atoms with E-state index in [1.54, 1.807) is 0 Å². The van der Waals surface area contributed by atoms with Gasteiger partial charge in [-0.15, -0.1) is 13.2 Å². The van der Waals surface area contributed by atoms with Gasteiger partial charge in [-0.2, -0.15) is 13.2 Å². The van der Waals surface area contributed by atoms with Crippen LogP contribution in [0.3, 0.4) is 0 Å². The maximum Gasteiger partial charge on any atom is 0.573 e. The number of rotatable bonds is 3. The van der Waals surface area contributed by atoms with Crippen LogP contribution in [0.25, 0.3) is 10.8 Å². The molecule has 5 nitrogen and oxygen atoms in total. The topological polar surface area (TPSA) is 58.4 Å². The average molecular weight is 431 g/mol. The van der Waals surface area contributed by atoms with Crippen molar-refractivity contribution in [2.75, 3.05) is 11.9 Å². The van der Waals surface area contributed by atoms with Gasteiger partial charge in [0, 0.05) is 42.1 Å². The van der Waals surface area contributed by atoms with Crippen LogP contribution >= 0.6 is 0 Å². The van der Waals surface area contributed by atoms with Gasteiger partial charge in [-0.1, -0.05) is 0 Å². The molecule has 2 heterocycles. The Morgan fingerprint density at radius 2 is 1.70 bits per heavy atom. The first-order valence-corrected chi connectivity index (χ1v) is 8.82. The molecule has 3 N–H and O–H groups in total. The van der Waals surface area contributed by atoms with Crippen LogP contribution in [-0.2, 0) is 19.3 Å². The predicted molar refractivity (Wildman–Crippen MR) is 96.7 cm³/mol. The Morgan fingerprint density at radius 1 is 1.00 bits per heavy atom. The molecule has 0 saturated carbocycles. The molecule has 4 rings (SSSR count). The molecule has 1 aliphatic heterocycles. The lowest BCUT2D eigenvalue weighted by Gasteiger charge is -2.17. The summed E-state index contributed by atoms with van der Waals surface area (Å²) in [6.45, 7) is 1.14. The number of ether oxygens (including phenoxy) is 1. The van der Waals surface area contributed by atoms with Crippen LogP contribution in [0, 0.1) is 0 Å². The number of aromatic hydroxyl groups is 1. The minimum Gasteiger partial charge on any atom is -0.494 e. The van der Waals surface area contributed by atoms with Crippen LogP contribution in [0.5, 0.6) is 11.6 Å². The van der Waals surface area contributed by atoms with E-state index in [0.29, 0.717) is 25.3 Å². The zero-order chi connectivity index (χ0) is 21.7. The van der Waals surface area contributed by atoms with Gasteiger partial charge in [0.15, 0.2) is 5.88 Å². The molecule has 30 heavy (non-hydrogen) atoms. The van der Waals surface area contributed by atoms with E-state index in [4.69, 9.17) is 0 Å². The second-order valence-electron chi connectivity index (χ2n) is 6.74. The van der Waals surface area contributed by atoms with Crippen molar-refractivity contribution in [3.05, 3.63) is 47.7 Å². The molecule has 0 aliphatic carbocycles. The molecule has 2 aromatic carbocycles. The molecule has 0 fully saturated rings. The molecule has 0 bridgehead atoms. The normalized spacial score (nSPS) is 14.6. The van der Waals surface area contributed by atoms with Crippen molar-refractivity contribution >= 4 is 22.1 Å². The number of benzene rings is 2. The lowest BCUT2D eigenvalue weighted by molar-refractivity contribution is -0.274. The van der Waals surface area contributed by atoms with Crippen LogP contribution in [0.15, 0.2) is 36.4 Å². The first kappa shape index (κ1) is 20.2. The van der Waals surface area contributed by atoms with Crippen LogP contribution in [0.4, 0.5) is 37.7 Å². The van der Waals surface area contributed by atoms with Crippen LogP contribution in [-0.4, -0.2) is 22.6 Å². The van der Waals surface area contributed by atoms with Gasteiger partial charge in [0.25, 0.3) is 0 Å². The minimum absolute atomic E-state index is 0.0817. The maximum atomic E-state index is 13.7. The van der Waals surface area contributed by atoms with Crippen molar-refractivity contribution in [1.82, 2.24) is 9.88 Å². The van der Waals surface area contributed by atoms with E-state index in [1.807, 2.05) is 0 Å². The molecular weight excluding hydrogens is 416 g/mol. The summed E-state index contributed by atoms with van der Waals surface area (Å²) in [5.74, 6) is -0.883. The Balaban J connectivity index is 1.75. The number of hydrogen-bond acceptors (Lipinski definition) is 4. The summed E-state index contributed by atoms with van der Waals surface area (Å²) in [5, 5.41) is 16.2. The number of nitrogens with zero attached hydrogens (tertiary/aromatic N) is 1. The number of alkyl halides is 6. The van der Waals surface area contributed by atoms with Gasteiger partial charge in [-0.3, -0.25) is 0 Å². The first-order chi connectivity index (χ1) is 14.0. The highest BCUT2D eigenvalue weighted by Gasteiger charge is 2.36. The Morgan fingerprint density at radius 3 is 2.33 bits per heavy atom. The van der Waals surface area contributed by atoms with Crippen molar-refractivity contribution in [1.29, 1.82) is 0 Å². The second kappa shape index (κ2) is 7.01. The number of nitrogens with one attached hydrogen (secondary N) is 2. The molecule has 0 unspecified atom stereocenters. The van der Waals surface area contributed by atoms with Crippen LogP contribution in [0.2, 0.25) is 0 Å². The summed E-state index contributed by atoms with van der Waals surface area (Å²) in [6.07, 6.45) is -9.56. The van der Waals surface area contributed by atoms with E-state index >= 15 is 0 Å². The Bertz CT molecular complexity index is 1090. The number of hydrogen-bond donors (Lipinski definition) is 3. The molecule has 0 atom stereocenters. The molecule has 3 aromatic rings. The van der Waals surface area contributed by atoms with Crippen molar-refractivity contribution in [3.8, 4) is 11.6 Å². The van der Waals surface area contributed by atoms with Crippen LogP contribution in [0.1, 0.15) is 11.3 Å². The van der Waals surface area contributed by atoms with Crippen molar-refractivity contribution in [3.63, 3.8) is 0 Å². The highest BCUT2D eigenvalue weighted by molar-refractivity contribution is 5.97. The summed E-state index contributed by atoms with van der Waals surface area (Å²) in [5.41, 5.74) is -0.124. The van der Waals surface area contributed by atoms with Crippen molar-refractivity contribution in [2.45, 2.75) is 25.6 Å². The maximum absolute atomic E-state index is 13.7. The summed E-state index contributed by atoms with van der Waals surface area (Å²) in [6, 6.07) is 6.95. The van der Waals surface area contributed by atoms with Gasteiger partial charge in [0.2, 0.25) is 0 Å². The summed E-state index contributed by atoms with van der Waals surface area (Å²) >= 11 is 0.